The van der Waals surface area contributed by atoms with E-state index < -0.39 is 0 Å². The Morgan fingerprint density at radius 2 is 2.06 bits per heavy atom. The highest BCUT2D eigenvalue weighted by Crippen LogP contribution is 2.28. The van der Waals surface area contributed by atoms with Crippen LogP contribution >= 0.6 is 0 Å². The maximum atomic E-state index is 2.45. The SMILES string of the molecule is Cc1ccc2c(c1C)=CCC1CCC=CC=21. The van der Waals surface area contributed by atoms with Gasteiger partial charge in [0.25, 0.3) is 0 Å². The Kier molecular flexibility index (Phi) is 2.24. The average Bonchev–Trinajstić information content (AvgIpc) is 2.33. The van der Waals surface area contributed by atoms with Crippen LogP contribution in [-0.2, 0) is 0 Å². The van der Waals surface area contributed by atoms with Crippen LogP contribution in [0.4, 0.5) is 0 Å². The fraction of sp³-hybridized carbons (Fsp3) is 0.375. The summed E-state index contributed by atoms with van der Waals surface area (Å²) < 4.78 is 0. The fourth-order valence-electron chi connectivity index (χ4n) is 2.97. The molecule has 1 unspecified atom stereocenters. The first-order valence-corrected chi connectivity index (χ1v) is 6.24. The van der Waals surface area contributed by atoms with Crippen molar-refractivity contribution in [3.8, 4) is 0 Å². The van der Waals surface area contributed by atoms with Gasteiger partial charge in [-0.05, 0) is 66.2 Å². The Morgan fingerprint density at radius 1 is 1.19 bits per heavy atom. The normalized spacial score (nSPS) is 22.4. The highest BCUT2D eigenvalue weighted by atomic mass is 14.2. The van der Waals surface area contributed by atoms with E-state index in [0.717, 1.165) is 5.92 Å². The van der Waals surface area contributed by atoms with Gasteiger partial charge >= 0.3 is 0 Å². The number of benzene rings is 1. The number of hydrogen-bond donors (Lipinski definition) is 0. The molecule has 1 aromatic rings. The number of fused-ring (bicyclic) bond motifs is 2. The van der Waals surface area contributed by atoms with Crippen LogP contribution in [0.3, 0.4) is 0 Å². The summed E-state index contributed by atoms with van der Waals surface area (Å²) in [6, 6.07) is 4.57. The molecule has 0 radical (unpaired) electrons. The van der Waals surface area contributed by atoms with Crippen molar-refractivity contribution in [1.29, 1.82) is 0 Å². The van der Waals surface area contributed by atoms with E-state index in [1.165, 1.54) is 40.8 Å². The van der Waals surface area contributed by atoms with E-state index in [-0.39, 0.29) is 0 Å². The summed E-state index contributed by atoms with van der Waals surface area (Å²) in [6.07, 6.45) is 10.9. The second-order valence-electron chi connectivity index (χ2n) is 5.04. The Bertz CT molecular complexity index is 573. The molecule has 1 atom stereocenters. The molecular weight excluding hydrogens is 192 g/mol. The van der Waals surface area contributed by atoms with Gasteiger partial charge in [-0.3, -0.25) is 0 Å². The molecule has 0 fully saturated rings. The van der Waals surface area contributed by atoms with E-state index >= 15 is 0 Å². The van der Waals surface area contributed by atoms with Crippen LogP contribution in [0.25, 0.3) is 11.6 Å². The third kappa shape index (κ3) is 1.36. The van der Waals surface area contributed by atoms with Crippen molar-refractivity contribution in [3.05, 3.63) is 45.8 Å². The quantitative estimate of drug-likeness (QED) is 0.617. The molecule has 16 heavy (non-hydrogen) atoms. The summed E-state index contributed by atoms with van der Waals surface area (Å²) in [5.41, 5.74) is 4.45. The predicted octanol–water partition coefficient (Wildman–Crippen LogP) is 2.60. The van der Waals surface area contributed by atoms with Gasteiger partial charge < -0.3 is 0 Å². The van der Waals surface area contributed by atoms with Crippen LogP contribution < -0.4 is 10.4 Å². The molecule has 0 bridgehead atoms. The van der Waals surface area contributed by atoms with Gasteiger partial charge in [0.2, 0.25) is 0 Å². The molecule has 3 rings (SSSR count). The van der Waals surface area contributed by atoms with Crippen LogP contribution in [0.1, 0.15) is 30.4 Å². The minimum atomic E-state index is 0.777. The van der Waals surface area contributed by atoms with Gasteiger partial charge in [0.15, 0.2) is 0 Å². The van der Waals surface area contributed by atoms with Crippen molar-refractivity contribution in [2.45, 2.75) is 33.1 Å². The summed E-state index contributed by atoms with van der Waals surface area (Å²) in [5.74, 6) is 0.777. The third-order valence-corrected chi connectivity index (χ3v) is 4.12. The zero-order chi connectivity index (χ0) is 11.1. The molecule has 0 aromatic heterocycles. The molecule has 0 aliphatic heterocycles. The van der Waals surface area contributed by atoms with Crippen LogP contribution in [0.5, 0.6) is 0 Å². The number of rotatable bonds is 0. The second-order valence-corrected chi connectivity index (χ2v) is 5.04. The van der Waals surface area contributed by atoms with E-state index in [1.54, 1.807) is 5.57 Å². The van der Waals surface area contributed by atoms with Crippen molar-refractivity contribution in [2.24, 2.45) is 5.92 Å². The molecular formula is C16H18. The molecule has 0 heteroatoms. The van der Waals surface area contributed by atoms with Gasteiger partial charge in [0.05, 0.1) is 0 Å². The molecule has 0 amide bonds. The molecule has 1 aromatic carbocycles. The Balaban J connectivity index is 2.40. The first kappa shape index (κ1) is 9.89. The molecule has 0 saturated heterocycles. The van der Waals surface area contributed by atoms with Gasteiger partial charge in [-0.1, -0.05) is 30.4 Å². The highest BCUT2D eigenvalue weighted by Gasteiger charge is 2.18. The molecule has 2 aliphatic rings. The Hall–Kier alpha value is -1.30. The lowest BCUT2D eigenvalue weighted by molar-refractivity contribution is 0.619. The Morgan fingerprint density at radius 3 is 2.94 bits per heavy atom. The largest absolute Gasteiger partial charge is 0.0842 e. The van der Waals surface area contributed by atoms with Crippen molar-refractivity contribution in [1.82, 2.24) is 0 Å². The van der Waals surface area contributed by atoms with Crippen LogP contribution in [0.15, 0.2) is 24.3 Å². The first-order chi connectivity index (χ1) is 7.77. The smallest absolute Gasteiger partial charge is 0.0118 e. The molecule has 0 nitrogen and oxygen atoms in total. The maximum Gasteiger partial charge on any atom is -0.0118 e. The van der Waals surface area contributed by atoms with E-state index in [0.29, 0.717) is 0 Å². The summed E-state index contributed by atoms with van der Waals surface area (Å²) in [5, 5.41) is 2.97. The van der Waals surface area contributed by atoms with Crippen molar-refractivity contribution in [2.75, 3.05) is 0 Å². The molecule has 0 heterocycles. The molecule has 0 spiro atoms. The lowest BCUT2D eigenvalue weighted by Crippen LogP contribution is -2.35. The van der Waals surface area contributed by atoms with Crippen LogP contribution in [0.2, 0.25) is 0 Å². The van der Waals surface area contributed by atoms with Crippen LogP contribution in [-0.4, -0.2) is 0 Å². The van der Waals surface area contributed by atoms with Gasteiger partial charge in [0, 0.05) is 0 Å². The Labute approximate surface area is 97.0 Å². The summed E-state index contributed by atoms with van der Waals surface area (Å²) >= 11 is 0. The number of hydrogen-bond acceptors (Lipinski definition) is 0. The lowest BCUT2D eigenvalue weighted by Gasteiger charge is -2.24. The van der Waals surface area contributed by atoms with Gasteiger partial charge in [0.1, 0.15) is 0 Å². The second kappa shape index (κ2) is 3.62. The zero-order valence-electron chi connectivity index (χ0n) is 10.1. The van der Waals surface area contributed by atoms with Crippen molar-refractivity contribution >= 4 is 11.6 Å². The fourth-order valence-corrected chi connectivity index (χ4v) is 2.97. The van der Waals surface area contributed by atoms with Gasteiger partial charge in [-0.2, -0.15) is 0 Å². The predicted molar refractivity (Wildman–Crippen MR) is 69.5 cm³/mol. The maximum absolute atomic E-state index is 2.45. The summed E-state index contributed by atoms with van der Waals surface area (Å²) in [4.78, 5) is 0. The molecule has 82 valence electrons. The average molecular weight is 210 g/mol. The summed E-state index contributed by atoms with van der Waals surface area (Å²) in [7, 11) is 0. The molecule has 2 aliphatic carbocycles. The topological polar surface area (TPSA) is 0 Å². The number of aryl methyl sites for hydroxylation is 1. The van der Waals surface area contributed by atoms with Crippen molar-refractivity contribution in [3.63, 3.8) is 0 Å². The van der Waals surface area contributed by atoms with Gasteiger partial charge in [-0.25, -0.2) is 0 Å². The van der Waals surface area contributed by atoms with E-state index in [4.69, 9.17) is 0 Å². The van der Waals surface area contributed by atoms with E-state index in [1.807, 2.05) is 0 Å². The molecule has 0 N–H and O–H groups in total. The minimum Gasteiger partial charge on any atom is -0.0842 e. The lowest BCUT2D eigenvalue weighted by atomic mass is 9.81. The number of allylic oxidation sites excluding steroid dienone is 2. The summed E-state index contributed by atoms with van der Waals surface area (Å²) in [6.45, 7) is 4.45. The van der Waals surface area contributed by atoms with Crippen LogP contribution in [0, 0.1) is 19.8 Å². The third-order valence-electron chi connectivity index (χ3n) is 4.12. The molecule has 0 saturated carbocycles. The standard InChI is InChI=1S/C16H18/c1-11-7-9-16-14(12(11)2)10-8-13-5-3-4-6-15(13)16/h4,6-7,9-10,13H,3,5,8H2,1-2H3. The van der Waals surface area contributed by atoms with Gasteiger partial charge in [-0.15, -0.1) is 0 Å². The zero-order valence-corrected chi connectivity index (χ0v) is 10.1. The first-order valence-electron chi connectivity index (χ1n) is 6.24. The monoisotopic (exact) mass is 210 g/mol. The highest BCUT2D eigenvalue weighted by molar-refractivity contribution is 5.64. The van der Waals surface area contributed by atoms with Crippen molar-refractivity contribution < 1.29 is 0 Å². The van der Waals surface area contributed by atoms with E-state index in [2.05, 4.69) is 44.2 Å². The van der Waals surface area contributed by atoms with E-state index in [9.17, 15) is 0 Å². The minimum absolute atomic E-state index is 0.777.